The van der Waals surface area contributed by atoms with Crippen LogP contribution in [-0.4, -0.2) is 85.8 Å². The third-order valence-electron chi connectivity index (χ3n) is 12.3. The molecule has 0 bridgehead atoms. The molecule has 0 amide bonds. The molecule has 234 valence electrons. The Bertz CT molecular complexity index is 1020. The molecule has 0 aromatic carbocycles. The molecule has 0 saturated heterocycles. The summed E-state index contributed by atoms with van der Waals surface area (Å²) in [7, 11) is -4.49. The van der Waals surface area contributed by atoms with Crippen LogP contribution in [0.4, 0.5) is 0 Å². The van der Waals surface area contributed by atoms with Crippen LogP contribution in [0.1, 0.15) is 92.4 Å². The summed E-state index contributed by atoms with van der Waals surface area (Å²) >= 11 is 0. The summed E-state index contributed by atoms with van der Waals surface area (Å²) in [5, 5.41) is 68.7. The lowest BCUT2D eigenvalue weighted by Crippen LogP contribution is -2.75. The van der Waals surface area contributed by atoms with Gasteiger partial charge >= 0.3 is 10.4 Å². The van der Waals surface area contributed by atoms with Crippen molar-refractivity contribution in [2.45, 2.75) is 128 Å². The molecule has 4 aliphatic rings. The van der Waals surface area contributed by atoms with Gasteiger partial charge in [-0.3, -0.25) is 4.55 Å². The van der Waals surface area contributed by atoms with Gasteiger partial charge in [0.15, 0.2) is 0 Å². The van der Waals surface area contributed by atoms with Crippen LogP contribution >= 0.6 is 0 Å². The van der Waals surface area contributed by atoms with Crippen LogP contribution in [0, 0.1) is 46.3 Å². The fraction of sp³-hybridized carbons (Fsp3) is 1.00. The highest BCUT2D eigenvalue weighted by atomic mass is 32.3. The standard InChI is InChI=1S/C29H52O10S/c1-16(2)18(10-13-39-40(36,37)38)7-6-17(3)22-23(32)24(33)25-26(22,4)11-9-20-27(5)12-8-19(30)14-29(27,35)21(31)15-28(20,25)34/h16-25,30-35H,6-15H2,1-5H3,(H,36,37,38)/t17-,18?,19+,20-,21-,22+,23-,24+,25-,26-,27-,28+,29+/m1/s1. The molecule has 0 radical (unpaired) electrons. The van der Waals surface area contributed by atoms with Gasteiger partial charge in [0.1, 0.15) is 0 Å². The summed E-state index contributed by atoms with van der Waals surface area (Å²) in [5.41, 5.74) is -4.47. The Labute approximate surface area is 239 Å². The van der Waals surface area contributed by atoms with E-state index >= 15 is 0 Å². The summed E-state index contributed by atoms with van der Waals surface area (Å²) in [5.74, 6) is -1.04. The molecule has 1 unspecified atom stereocenters. The predicted octanol–water partition coefficient (Wildman–Crippen LogP) is 2.05. The van der Waals surface area contributed by atoms with Crippen LogP contribution in [0.5, 0.6) is 0 Å². The van der Waals surface area contributed by atoms with Crippen molar-refractivity contribution >= 4 is 10.4 Å². The molecule has 10 nitrogen and oxygen atoms in total. The third kappa shape index (κ3) is 5.19. The van der Waals surface area contributed by atoms with E-state index in [0.717, 1.165) is 6.42 Å². The highest BCUT2D eigenvalue weighted by Gasteiger charge is 2.75. The molecule has 7 N–H and O–H groups in total. The molecule has 0 aromatic rings. The van der Waals surface area contributed by atoms with Crippen LogP contribution in [-0.2, 0) is 14.6 Å². The molecule has 0 aromatic heterocycles. The van der Waals surface area contributed by atoms with Crippen molar-refractivity contribution in [3.8, 4) is 0 Å². The fourth-order valence-corrected chi connectivity index (χ4v) is 10.6. The van der Waals surface area contributed by atoms with Gasteiger partial charge in [-0.25, -0.2) is 4.18 Å². The Morgan fingerprint density at radius 2 is 1.55 bits per heavy atom. The second-order valence-electron chi connectivity index (χ2n) is 14.6. The molecule has 40 heavy (non-hydrogen) atoms. The SMILES string of the molecule is CC(C)C(CCOS(=O)(=O)O)CC[C@@H](C)[C@H]1[C@@H](O)[C@H](O)[C@@H]2[C@]1(C)CC[C@H]1[C@@]2(O)C[C@@H](O)[C@@]2(O)C[C@@H](O)CC[C@]12C. The average Bonchev–Trinajstić information content (AvgIpc) is 3.02. The maximum atomic E-state index is 12.4. The maximum absolute atomic E-state index is 12.4. The Kier molecular flexibility index (Phi) is 8.92. The van der Waals surface area contributed by atoms with Gasteiger partial charge in [0, 0.05) is 24.2 Å². The number of aliphatic hydroxyl groups excluding tert-OH is 4. The van der Waals surface area contributed by atoms with Crippen LogP contribution in [0.2, 0.25) is 0 Å². The quantitative estimate of drug-likeness (QED) is 0.195. The van der Waals surface area contributed by atoms with E-state index in [1.807, 2.05) is 27.7 Å². The minimum atomic E-state index is -4.49. The largest absolute Gasteiger partial charge is 0.397 e. The van der Waals surface area contributed by atoms with Gasteiger partial charge in [0.25, 0.3) is 0 Å². The Morgan fingerprint density at radius 3 is 2.15 bits per heavy atom. The fourth-order valence-electron chi connectivity index (χ4n) is 10.3. The van der Waals surface area contributed by atoms with Crippen LogP contribution < -0.4 is 0 Å². The van der Waals surface area contributed by atoms with E-state index in [2.05, 4.69) is 11.1 Å². The molecule has 4 rings (SSSR count). The first-order chi connectivity index (χ1) is 18.3. The van der Waals surface area contributed by atoms with Gasteiger partial charge in [0.2, 0.25) is 0 Å². The highest BCUT2D eigenvalue weighted by molar-refractivity contribution is 7.80. The summed E-state index contributed by atoms with van der Waals surface area (Å²) in [6.45, 7) is 9.97. The van der Waals surface area contributed by atoms with E-state index in [4.69, 9.17) is 4.55 Å². The topological polar surface area (TPSA) is 185 Å². The lowest BCUT2D eigenvalue weighted by Gasteiger charge is -2.68. The lowest BCUT2D eigenvalue weighted by atomic mass is 9.40. The molecular weight excluding hydrogens is 540 g/mol. The van der Waals surface area contributed by atoms with Crippen molar-refractivity contribution in [3.63, 3.8) is 0 Å². The van der Waals surface area contributed by atoms with E-state index in [1.165, 1.54) is 0 Å². The highest BCUT2D eigenvalue weighted by Crippen LogP contribution is 2.70. The Morgan fingerprint density at radius 1 is 0.900 bits per heavy atom. The smallest absolute Gasteiger partial charge is 0.393 e. The first-order valence-electron chi connectivity index (χ1n) is 15.1. The van der Waals surface area contributed by atoms with Gasteiger partial charge in [-0.2, -0.15) is 8.42 Å². The van der Waals surface area contributed by atoms with Crippen molar-refractivity contribution in [1.82, 2.24) is 0 Å². The van der Waals surface area contributed by atoms with Crippen molar-refractivity contribution < 1.29 is 47.8 Å². The van der Waals surface area contributed by atoms with Gasteiger partial charge in [-0.05, 0) is 73.5 Å². The first-order valence-corrected chi connectivity index (χ1v) is 16.5. The van der Waals surface area contributed by atoms with E-state index < -0.39 is 68.7 Å². The van der Waals surface area contributed by atoms with Gasteiger partial charge in [0.05, 0.1) is 42.2 Å². The number of hydrogen-bond acceptors (Lipinski definition) is 9. The second-order valence-corrected chi connectivity index (χ2v) is 15.7. The van der Waals surface area contributed by atoms with Crippen LogP contribution in [0.15, 0.2) is 0 Å². The first kappa shape index (κ1) is 32.5. The molecule has 0 spiro atoms. The predicted molar refractivity (Wildman–Crippen MR) is 147 cm³/mol. The van der Waals surface area contributed by atoms with E-state index in [0.29, 0.717) is 38.5 Å². The average molecular weight is 593 g/mol. The summed E-state index contributed by atoms with van der Waals surface area (Å²) in [6.07, 6.45) is -0.249. The van der Waals surface area contributed by atoms with E-state index in [1.54, 1.807) is 0 Å². The number of hydrogen-bond donors (Lipinski definition) is 7. The molecule has 11 heteroatoms. The molecule has 13 atom stereocenters. The number of rotatable bonds is 9. The van der Waals surface area contributed by atoms with Gasteiger partial charge < -0.3 is 30.6 Å². The van der Waals surface area contributed by atoms with Gasteiger partial charge in [-0.15, -0.1) is 0 Å². The van der Waals surface area contributed by atoms with Crippen LogP contribution in [0.3, 0.4) is 0 Å². The number of fused-ring (bicyclic) bond motifs is 5. The Balaban J connectivity index is 1.55. The van der Waals surface area contributed by atoms with Crippen molar-refractivity contribution in [3.05, 3.63) is 0 Å². The normalized spacial score (nSPS) is 48.8. The zero-order chi connectivity index (χ0) is 30.1. The molecular formula is C29H52O10S. The van der Waals surface area contributed by atoms with E-state index in [-0.39, 0.29) is 43.1 Å². The third-order valence-corrected chi connectivity index (χ3v) is 12.8. The maximum Gasteiger partial charge on any atom is 0.397 e. The summed E-state index contributed by atoms with van der Waals surface area (Å²) in [6, 6.07) is 0. The summed E-state index contributed by atoms with van der Waals surface area (Å²) < 4.78 is 35.3. The molecule has 4 saturated carbocycles. The van der Waals surface area contributed by atoms with Crippen molar-refractivity contribution in [2.24, 2.45) is 46.3 Å². The Hall–Kier alpha value is -0.370. The minimum absolute atomic E-state index is 0.0191. The minimum Gasteiger partial charge on any atom is -0.393 e. The molecule has 4 aliphatic carbocycles. The van der Waals surface area contributed by atoms with Crippen LogP contribution in [0.25, 0.3) is 0 Å². The second kappa shape index (κ2) is 11.0. The van der Waals surface area contributed by atoms with Crippen molar-refractivity contribution in [2.75, 3.05) is 6.61 Å². The molecule has 4 fully saturated rings. The zero-order valence-corrected chi connectivity index (χ0v) is 25.4. The molecule has 0 aliphatic heterocycles. The van der Waals surface area contributed by atoms with Gasteiger partial charge in [-0.1, -0.05) is 41.0 Å². The van der Waals surface area contributed by atoms with E-state index in [9.17, 15) is 39.1 Å². The number of aliphatic hydroxyl groups is 6. The summed E-state index contributed by atoms with van der Waals surface area (Å²) in [4.78, 5) is 0. The zero-order valence-electron chi connectivity index (χ0n) is 24.6. The molecule has 0 heterocycles. The van der Waals surface area contributed by atoms with Crippen molar-refractivity contribution in [1.29, 1.82) is 0 Å². The monoisotopic (exact) mass is 592 g/mol. The lowest BCUT2D eigenvalue weighted by molar-refractivity contribution is -0.315.